The third-order valence-corrected chi connectivity index (χ3v) is 5.54. The average molecular weight is 479 g/mol. The minimum Gasteiger partial charge on any atom is -0.456 e. The number of carbonyl (C=O) groups excluding carboxylic acids is 2. The third-order valence-electron chi connectivity index (χ3n) is 4.53. The Bertz CT molecular complexity index is 1050. The predicted octanol–water partition coefficient (Wildman–Crippen LogP) is 1.48. The zero-order valence-electron chi connectivity index (χ0n) is 19.0. The first-order valence-electron chi connectivity index (χ1n) is 10.5. The van der Waals surface area contributed by atoms with Crippen molar-refractivity contribution in [3.05, 3.63) is 51.2 Å². The third kappa shape index (κ3) is 7.79. The van der Waals surface area contributed by atoms with Crippen molar-refractivity contribution in [1.82, 2.24) is 9.55 Å². The molecule has 0 aliphatic rings. The summed E-state index contributed by atoms with van der Waals surface area (Å²) in [6.45, 7) is 3.56. The molecule has 0 fully saturated rings. The van der Waals surface area contributed by atoms with E-state index in [1.165, 1.54) is 23.4 Å². The average Bonchev–Trinajstić information content (AvgIpc) is 2.77. The number of thioether (sulfide) groups is 1. The van der Waals surface area contributed by atoms with Gasteiger partial charge in [-0.3, -0.25) is 28.8 Å². The predicted molar refractivity (Wildman–Crippen MR) is 128 cm³/mol. The van der Waals surface area contributed by atoms with Gasteiger partial charge in [0.05, 0.1) is 13.0 Å². The quantitative estimate of drug-likeness (QED) is 0.346. The number of aromatic nitrogens is 2. The SMILES string of the molecule is COCCN(C(=O)COC(=O)CCSc1ccccc1)c1c(N)n(CC(C)C)c(=O)[nH]c1=O. The number of amides is 1. The van der Waals surface area contributed by atoms with Crippen molar-refractivity contribution in [1.29, 1.82) is 0 Å². The molecule has 0 saturated heterocycles. The fourth-order valence-electron chi connectivity index (χ4n) is 2.99. The molecule has 2 aromatic rings. The fourth-order valence-corrected chi connectivity index (χ4v) is 3.84. The van der Waals surface area contributed by atoms with Crippen LogP contribution in [-0.2, 0) is 25.6 Å². The Morgan fingerprint density at radius 2 is 1.91 bits per heavy atom. The number of rotatable bonds is 12. The first-order valence-corrected chi connectivity index (χ1v) is 11.5. The topological polar surface area (TPSA) is 137 Å². The maximum absolute atomic E-state index is 12.9. The largest absolute Gasteiger partial charge is 0.456 e. The summed E-state index contributed by atoms with van der Waals surface area (Å²) in [6.07, 6.45) is 0.118. The highest BCUT2D eigenvalue weighted by molar-refractivity contribution is 7.99. The number of esters is 1. The van der Waals surface area contributed by atoms with Crippen LogP contribution in [-0.4, -0.2) is 54.0 Å². The summed E-state index contributed by atoms with van der Waals surface area (Å²) in [5.74, 6) is -0.751. The lowest BCUT2D eigenvalue weighted by Gasteiger charge is -2.24. The van der Waals surface area contributed by atoms with Gasteiger partial charge in [0.25, 0.3) is 11.5 Å². The van der Waals surface area contributed by atoms with Crippen molar-refractivity contribution in [2.24, 2.45) is 5.92 Å². The van der Waals surface area contributed by atoms with E-state index >= 15 is 0 Å². The number of nitrogen functional groups attached to an aromatic ring is 1. The van der Waals surface area contributed by atoms with Crippen LogP contribution in [0.5, 0.6) is 0 Å². The maximum atomic E-state index is 12.9. The second-order valence-corrected chi connectivity index (χ2v) is 8.78. The van der Waals surface area contributed by atoms with Gasteiger partial charge < -0.3 is 15.2 Å². The van der Waals surface area contributed by atoms with Crippen molar-refractivity contribution < 1.29 is 19.1 Å². The van der Waals surface area contributed by atoms with Gasteiger partial charge in [-0.05, 0) is 18.1 Å². The zero-order valence-corrected chi connectivity index (χ0v) is 19.9. The summed E-state index contributed by atoms with van der Waals surface area (Å²) in [5.41, 5.74) is 4.49. The van der Waals surface area contributed by atoms with Gasteiger partial charge in [-0.2, -0.15) is 0 Å². The number of nitrogens with zero attached hydrogens (tertiary/aromatic N) is 2. The zero-order chi connectivity index (χ0) is 24.4. The fraction of sp³-hybridized carbons (Fsp3) is 0.455. The molecule has 2 rings (SSSR count). The molecule has 0 radical (unpaired) electrons. The Labute approximate surface area is 196 Å². The molecule has 33 heavy (non-hydrogen) atoms. The number of aromatic amines is 1. The smallest absolute Gasteiger partial charge is 0.330 e. The number of carbonyl (C=O) groups is 2. The minimum atomic E-state index is -0.799. The molecule has 0 aliphatic carbocycles. The van der Waals surface area contributed by atoms with Crippen molar-refractivity contribution in [2.75, 3.05) is 43.3 Å². The first-order chi connectivity index (χ1) is 15.7. The summed E-state index contributed by atoms with van der Waals surface area (Å²) in [6, 6.07) is 9.60. The minimum absolute atomic E-state index is 0.0100. The highest BCUT2D eigenvalue weighted by atomic mass is 32.2. The molecule has 1 aromatic carbocycles. The summed E-state index contributed by atoms with van der Waals surface area (Å²) < 4.78 is 11.4. The Balaban J connectivity index is 2.10. The molecule has 0 atom stereocenters. The molecule has 180 valence electrons. The van der Waals surface area contributed by atoms with E-state index in [9.17, 15) is 19.2 Å². The number of ether oxygens (including phenoxy) is 2. The van der Waals surface area contributed by atoms with E-state index in [1.807, 2.05) is 44.2 Å². The van der Waals surface area contributed by atoms with Gasteiger partial charge in [0.15, 0.2) is 12.3 Å². The molecule has 3 N–H and O–H groups in total. The van der Waals surface area contributed by atoms with E-state index < -0.39 is 29.7 Å². The van der Waals surface area contributed by atoms with Gasteiger partial charge in [0, 0.05) is 30.8 Å². The van der Waals surface area contributed by atoms with Crippen LogP contribution in [0.15, 0.2) is 44.8 Å². The number of nitrogens with one attached hydrogen (secondary N) is 1. The molecule has 0 bridgehead atoms. The standard InChI is InChI=1S/C22H30N4O6S/c1-15(2)13-26-20(23)19(21(29)24-22(26)30)25(10-11-31-3)17(27)14-32-18(28)9-12-33-16-7-5-4-6-8-16/h4-8,15H,9-14,23H2,1-3H3,(H,24,29,30). The lowest BCUT2D eigenvalue weighted by atomic mass is 10.2. The lowest BCUT2D eigenvalue weighted by molar-refractivity contribution is -0.147. The number of methoxy groups -OCH3 is 1. The molecule has 0 unspecified atom stereocenters. The summed E-state index contributed by atoms with van der Waals surface area (Å²) in [7, 11) is 1.44. The normalized spacial score (nSPS) is 10.9. The second kappa shape index (κ2) is 12.9. The Kier molecular flexibility index (Phi) is 10.2. The number of hydrogen-bond donors (Lipinski definition) is 2. The van der Waals surface area contributed by atoms with Gasteiger partial charge >= 0.3 is 11.7 Å². The Morgan fingerprint density at radius 1 is 1.21 bits per heavy atom. The van der Waals surface area contributed by atoms with E-state index in [4.69, 9.17) is 15.2 Å². The number of hydrogen-bond acceptors (Lipinski definition) is 8. The number of nitrogens with two attached hydrogens (primary N) is 1. The van der Waals surface area contributed by atoms with Crippen molar-refractivity contribution in [3.63, 3.8) is 0 Å². The van der Waals surface area contributed by atoms with E-state index in [0.29, 0.717) is 5.75 Å². The van der Waals surface area contributed by atoms with Crippen LogP contribution in [0.1, 0.15) is 20.3 Å². The summed E-state index contributed by atoms with van der Waals surface area (Å²) in [4.78, 5) is 54.0. The van der Waals surface area contributed by atoms with Crippen molar-refractivity contribution >= 4 is 35.1 Å². The van der Waals surface area contributed by atoms with Gasteiger partial charge in [-0.1, -0.05) is 32.0 Å². The van der Waals surface area contributed by atoms with Crippen LogP contribution in [0.25, 0.3) is 0 Å². The van der Waals surface area contributed by atoms with E-state index in [2.05, 4.69) is 4.98 Å². The summed E-state index contributed by atoms with van der Waals surface area (Å²) >= 11 is 1.50. The van der Waals surface area contributed by atoms with Crippen LogP contribution < -0.4 is 21.9 Å². The highest BCUT2D eigenvalue weighted by Gasteiger charge is 2.25. The van der Waals surface area contributed by atoms with Crippen LogP contribution in [0.3, 0.4) is 0 Å². The highest BCUT2D eigenvalue weighted by Crippen LogP contribution is 2.19. The number of H-pyrrole nitrogens is 1. The molecule has 1 amide bonds. The monoisotopic (exact) mass is 478 g/mol. The molecule has 0 saturated carbocycles. The molecule has 11 heteroatoms. The first kappa shape index (κ1) is 26.2. The van der Waals surface area contributed by atoms with Crippen LogP contribution in [0, 0.1) is 5.92 Å². The van der Waals surface area contributed by atoms with Crippen LogP contribution >= 0.6 is 11.8 Å². The molecule has 1 aromatic heterocycles. The van der Waals surface area contributed by atoms with Gasteiger partial charge in [0.1, 0.15) is 5.82 Å². The van der Waals surface area contributed by atoms with Gasteiger partial charge in [0.2, 0.25) is 0 Å². The van der Waals surface area contributed by atoms with Crippen LogP contribution in [0.2, 0.25) is 0 Å². The molecule has 10 nitrogen and oxygen atoms in total. The Hall–Kier alpha value is -3.05. The van der Waals surface area contributed by atoms with Crippen molar-refractivity contribution in [3.8, 4) is 0 Å². The molecular formula is C22H30N4O6S. The summed E-state index contributed by atoms with van der Waals surface area (Å²) in [5, 5.41) is 0. The molecule has 1 heterocycles. The van der Waals surface area contributed by atoms with Crippen molar-refractivity contribution in [2.45, 2.75) is 31.7 Å². The Morgan fingerprint density at radius 3 is 2.55 bits per heavy atom. The van der Waals surface area contributed by atoms with Gasteiger partial charge in [-0.25, -0.2) is 4.79 Å². The van der Waals surface area contributed by atoms with Gasteiger partial charge in [-0.15, -0.1) is 11.8 Å². The number of benzene rings is 1. The maximum Gasteiger partial charge on any atom is 0.330 e. The molecular weight excluding hydrogens is 448 g/mol. The van der Waals surface area contributed by atoms with E-state index in [1.54, 1.807) is 0 Å². The molecule has 0 spiro atoms. The second-order valence-electron chi connectivity index (χ2n) is 7.61. The van der Waals surface area contributed by atoms with Crippen LogP contribution in [0.4, 0.5) is 11.5 Å². The number of anilines is 2. The van der Waals surface area contributed by atoms with E-state index in [-0.39, 0.29) is 43.5 Å². The molecule has 0 aliphatic heterocycles. The van der Waals surface area contributed by atoms with E-state index in [0.717, 1.165) is 9.80 Å². The lowest BCUT2D eigenvalue weighted by Crippen LogP contribution is -2.44.